The first kappa shape index (κ1) is 16.5. The van der Waals surface area contributed by atoms with Gasteiger partial charge in [-0.3, -0.25) is 4.79 Å². The number of hydrogen-bond acceptors (Lipinski definition) is 5. The van der Waals surface area contributed by atoms with Crippen molar-refractivity contribution in [2.75, 3.05) is 6.54 Å². The Morgan fingerprint density at radius 2 is 2.17 bits per heavy atom. The first-order valence-corrected chi connectivity index (χ1v) is 9.03. The molecule has 0 unspecified atom stereocenters. The van der Waals surface area contributed by atoms with Crippen molar-refractivity contribution in [3.05, 3.63) is 48.2 Å². The molecule has 1 aliphatic rings. The van der Waals surface area contributed by atoms with Gasteiger partial charge in [-0.15, -0.1) is 0 Å². The summed E-state index contributed by atoms with van der Waals surface area (Å²) >= 11 is 0. The van der Waals surface area contributed by atoms with Crippen LogP contribution in [0.25, 0.3) is 0 Å². The number of carbonyl (C=O) groups is 1. The number of hydrogen-bond donors (Lipinski definition) is 2. The van der Waals surface area contributed by atoms with Gasteiger partial charge in [-0.25, -0.2) is 8.42 Å². The number of nitrogens with one attached hydrogen (secondary N) is 1. The van der Waals surface area contributed by atoms with Gasteiger partial charge in [0.05, 0.1) is 6.26 Å². The quantitative estimate of drug-likeness (QED) is 0.850. The Kier molecular flexibility index (Phi) is 4.59. The van der Waals surface area contributed by atoms with Crippen molar-refractivity contribution < 1.29 is 22.7 Å². The molecule has 128 valence electrons. The van der Waals surface area contributed by atoms with Crippen molar-refractivity contribution in [1.29, 1.82) is 0 Å². The molecule has 3 rings (SSSR count). The number of carbonyl (C=O) groups excluding carboxylic acids is 1. The van der Waals surface area contributed by atoms with E-state index in [1.807, 2.05) is 0 Å². The molecule has 0 saturated carbocycles. The van der Waals surface area contributed by atoms with Crippen LogP contribution in [0.5, 0.6) is 5.75 Å². The van der Waals surface area contributed by atoms with Crippen LogP contribution in [-0.2, 0) is 21.4 Å². The Morgan fingerprint density at radius 3 is 2.88 bits per heavy atom. The number of furan rings is 1. The summed E-state index contributed by atoms with van der Waals surface area (Å²) < 4.78 is 31.3. The van der Waals surface area contributed by atoms with E-state index in [-0.39, 0.29) is 29.8 Å². The number of sulfonamides is 1. The molecule has 0 spiro atoms. The minimum absolute atomic E-state index is 0.115. The summed E-state index contributed by atoms with van der Waals surface area (Å²) in [5, 5.41) is 12.0. The Balaban J connectivity index is 1.70. The van der Waals surface area contributed by atoms with Crippen molar-refractivity contribution in [1.82, 2.24) is 9.62 Å². The third kappa shape index (κ3) is 3.29. The highest BCUT2D eigenvalue weighted by molar-refractivity contribution is 7.89. The maximum atomic E-state index is 12.5. The molecule has 0 aliphatic carbocycles. The van der Waals surface area contributed by atoms with Crippen LogP contribution in [0.3, 0.4) is 0 Å². The SMILES string of the molecule is O=C(NCc1cccc(O)c1)[C@@H]1CCCN1S(=O)(=O)c1ccco1. The second kappa shape index (κ2) is 6.66. The van der Waals surface area contributed by atoms with Gasteiger partial charge in [-0.05, 0) is 42.7 Å². The molecule has 1 fully saturated rings. The highest BCUT2D eigenvalue weighted by atomic mass is 32.2. The van der Waals surface area contributed by atoms with E-state index in [1.165, 1.54) is 22.7 Å². The van der Waals surface area contributed by atoms with Gasteiger partial charge in [-0.2, -0.15) is 4.31 Å². The normalized spacial score (nSPS) is 18.6. The Hall–Kier alpha value is -2.32. The highest BCUT2D eigenvalue weighted by Gasteiger charge is 2.40. The lowest BCUT2D eigenvalue weighted by Gasteiger charge is -2.22. The molecule has 0 radical (unpaired) electrons. The van der Waals surface area contributed by atoms with Gasteiger partial charge in [0.25, 0.3) is 10.0 Å². The molecular weight excluding hydrogens is 332 g/mol. The second-order valence-corrected chi connectivity index (χ2v) is 7.42. The van der Waals surface area contributed by atoms with E-state index in [9.17, 15) is 18.3 Å². The average molecular weight is 350 g/mol. The predicted molar refractivity (Wildman–Crippen MR) is 85.6 cm³/mol. The monoisotopic (exact) mass is 350 g/mol. The fraction of sp³-hybridized carbons (Fsp3) is 0.312. The van der Waals surface area contributed by atoms with Gasteiger partial charge in [0.1, 0.15) is 11.8 Å². The minimum Gasteiger partial charge on any atom is -0.508 e. The molecule has 2 heterocycles. The average Bonchev–Trinajstić information content (AvgIpc) is 3.24. The minimum atomic E-state index is -3.81. The topological polar surface area (TPSA) is 99.9 Å². The van der Waals surface area contributed by atoms with Crippen LogP contribution in [0, 0.1) is 0 Å². The number of phenols is 1. The fourth-order valence-electron chi connectivity index (χ4n) is 2.79. The standard InChI is InChI=1S/C16H18N2O5S/c19-13-5-1-4-12(10-13)11-17-16(20)14-6-2-8-18(14)24(21,22)15-7-3-9-23-15/h1,3-5,7,9-10,14,19H,2,6,8,11H2,(H,17,20)/t14-/m0/s1. The zero-order chi connectivity index (χ0) is 17.2. The van der Waals surface area contributed by atoms with Crippen molar-refractivity contribution in [2.24, 2.45) is 0 Å². The van der Waals surface area contributed by atoms with E-state index >= 15 is 0 Å². The summed E-state index contributed by atoms with van der Waals surface area (Å²) in [6.45, 7) is 0.506. The summed E-state index contributed by atoms with van der Waals surface area (Å²) in [5.74, 6) is -0.240. The Morgan fingerprint density at radius 1 is 1.33 bits per heavy atom. The molecule has 1 saturated heterocycles. The molecule has 24 heavy (non-hydrogen) atoms. The summed E-state index contributed by atoms with van der Waals surface area (Å²) in [5.41, 5.74) is 0.738. The molecule has 1 aromatic carbocycles. The third-order valence-corrected chi connectivity index (χ3v) is 5.74. The lowest BCUT2D eigenvalue weighted by molar-refractivity contribution is -0.124. The molecule has 1 aromatic heterocycles. The third-order valence-electron chi connectivity index (χ3n) is 3.94. The van der Waals surface area contributed by atoms with E-state index < -0.39 is 16.1 Å². The van der Waals surface area contributed by atoms with Crippen molar-refractivity contribution in [3.63, 3.8) is 0 Å². The van der Waals surface area contributed by atoms with Gasteiger partial charge in [0, 0.05) is 13.1 Å². The summed E-state index contributed by atoms with van der Waals surface area (Å²) in [6.07, 6.45) is 2.37. The zero-order valence-corrected chi connectivity index (χ0v) is 13.7. The molecule has 1 atom stereocenters. The van der Waals surface area contributed by atoms with Crippen molar-refractivity contribution in [3.8, 4) is 5.75 Å². The van der Waals surface area contributed by atoms with Crippen molar-refractivity contribution in [2.45, 2.75) is 30.5 Å². The van der Waals surface area contributed by atoms with Gasteiger partial charge >= 0.3 is 0 Å². The van der Waals surface area contributed by atoms with Crippen LogP contribution in [0.4, 0.5) is 0 Å². The number of nitrogens with zero attached hydrogens (tertiary/aromatic N) is 1. The molecule has 1 amide bonds. The lowest BCUT2D eigenvalue weighted by atomic mass is 10.2. The number of phenolic OH excluding ortho intramolecular Hbond substituents is 1. The number of amides is 1. The van der Waals surface area contributed by atoms with E-state index in [1.54, 1.807) is 24.3 Å². The molecule has 0 bridgehead atoms. The van der Waals surface area contributed by atoms with Crippen LogP contribution in [-0.4, -0.2) is 36.3 Å². The largest absolute Gasteiger partial charge is 0.508 e. The van der Waals surface area contributed by atoms with Crippen molar-refractivity contribution >= 4 is 15.9 Å². The predicted octanol–water partition coefficient (Wildman–Crippen LogP) is 1.45. The first-order chi connectivity index (χ1) is 11.5. The van der Waals surface area contributed by atoms with Crippen LogP contribution >= 0.6 is 0 Å². The van der Waals surface area contributed by atoms with Crippen LogP contribution in [0.15, 0.2) is 52.2 Å². The maximum Gasteiger partial charge on any atom is 0.277 e. The molecular formula is C16H18N2O5S. The van der Waals surface area contributed by atoms with Gasteiger partial charge in [0.15, 0.2) is 0 Å². The zero-order valence-electron chi connectivity index (χ0n) is 12.9. The maximum absolute atomic E-state index is 12.5. The highest BCUT2D eigenvalue weighted by Crippen LogP contribution is 2.26. The molecule has 2 N–H and O–H groups in total. The lowest BCUT2D eigenvalue weighted by Crippen LogP contribution is -2.45. The van der Waals surface area contributed by atoms with E-state index in [0.29, 0.717) is 12.8 Å². The first-order valence-electron chi connectivity index (χ1n) is 7.59. The van der Waals surface area contributed by atoms with E-state index in [4.69, 9.17) is 4.42 Å². The van der Waals surface area contributed by atoms with Crippen LogP contribution in [0.1, 0.15) is 18.4 Å². The number of rotatable bonds is 5. The van der Waals surface area contributed by atoms with E-state index in [0.717, 1.165) is 5.56 Å². The van der Waals surface area contributed by atoms with Gasteiger partial charge < -0.3 is 14.8 Å². The van der Waals surface area contributed by atoms with Crippen LogP contribution in [0.2, 0.25) is 0 Å². The van der Waals surface area contributed by atoms with Gasteiger partial charge in [-0.1, -0.05) is 12.1 Å². The van der Waals surface area contributed by atoms with Gasteiger partial charge in [0.2, 0.25) is 11.0 Å². The summed E-state index contributed by atoms with van der Waals surface area (Å²) in [7, 11) is -3.81. The second-order valence-electron chi connectivity index (χ2n) is 5.59. The summed E-state index contributed by atoms with van der Waals surface area (Å²) in [6, 6.07) is 8.66. The molecule has 8 heteroatoms. The molecule has 1 aliphatic heterocycles. The molecule has 2 aromatic rings. The Bertz CT molecular complexity index is 817. The fourth-order valence-corrected chi connectivity index (χ4v) is 4.35. The summed E-state index contributed by atoms with van der Waals surface area (Å²) in [4.78, 5) is 12.4. The molecule has 7 nitrogen and oxygen atoms in total. The number of aromatic hydroxyl groups is 1. The Labute approximate surface area is 139 Å². The van der Waals surface area contributed by atoms with E-state index in [2.05, 4.69) is 5.32 Å². The number of benzene rings is 1. The smallest absolute Gasteiger partial charge is 0.277 e. The van der Waals surface area contributed by atoms with Crippen LogP contribution < -0.4 is 5.32 Å².